The van der Waals surface area contributed by atoms with Crippen LogP contribution in [0.4, 0.5) is 0 Å². The minimum atomic E-state index is 0.474. The maximum atomic E-state index is 10.2. The van der Waals surface area contributed by atoms with Gasteiger partial charge in [-0.2, -0.15) is 0 Å². The number of phenolic OH excluding ortho intramolecular Hbond substituents is 1. The van der Waals surface area contributed by atoms with E-state index in [1.54, 1.807) is 0 Å². The summed E-state index contributed by atoms with van der Waals surface area (Å²) in [5, 5.41) is 13.7. The van der Waals surface area contributed by atoms with E-state index in [-0.39, 0.29) is 0 Å². The lowest BCUT2D eigenvalue weighted by Gasteiger charge is -2.24. The summed E-state index contributed by atoms with van der Waals surface area (Å²) < 4.78 is 0.998. The van der Waals surface area contributed by atoms with Crippen LogP contribution in [0.5, 0.6) is 5.75 Å². The number of hydrogen-bond acceptors (Lipinski definition) is 2. The Kier molecular flexibility index (Phi) is 4.10. The minimum Gasteiger partial charge on any atom is -0.507 e. The predicted octanol–water partition coefficient (Wildman–Crippen LogP) is 3.31. The van der Waals surface area contributed by atoms with Gasteiger partial charge in [0.25, 0.3) is 0 Å². The second-order valence-electron chi connectivity index (χ2n) is 5.04. The van der Waals surface area contributed by atoms with Gasteiger partial charge in [0.1, 0.15) is 5.75 Å². The Morgan fingerprint density at radius 3 is 2.88 bits per heavy atom. The van der Waals surface area contributed by atoms with E-state index in [4.69, 9.17) is 0 Å². The largest absolute Gasteiger partial charge is 0.507 e. The fraction of sp³-hybridized carbons (Fsp3) is 0.571. The summed E-state index contributed by atoms with van der Waals surface area (Å²) in [6, 6.07) is 2.11. The molecule has 0 radical (unpaired) electrons. The molecule has 0 spiro atoms. The van der Waals surface area contributed by atoms with Crippen LogP contribution in [-0.4, -0.2) is 18.2 Å². The Morgan fingerprint density at radius 1 is 1.47 bits per heavy atom. The Bertz CT molecular complexity index is 411. The minimum absolute atomic E-state index is 0.474. The third-order valence-corrected chi connectivity index (χ3v) is 4.53. The zero-order chi connectivity index (χ0) is 12.4. The van der Waals surface area contributed by atoms with Gasteiger partial charge in [-0.05, 0) is 69.3 Å². The Morgan fingerprint density at radius 2 is 2.24 bits per heavy atom. The monoisotopic (exact) mass is 297 g/mol. The molecule has 0 saturated carbocycles. The molecule has 1 fully saturated rings. The number of phenols is 1. The molecule has 17 heavy (non-hydrogen) atoms. The Labute approximate surface area is 112 Å². The van der Waals surface area contributed by atoms with E-state index < -0.39 is 0 Å². The van der Waals surface area contributed by atoms with E-state index in [1.807, 2.05) is 6.92 Å². The summed E-state index contributed by atoms with van der Waals surface area (Å²) in [7, 11) is 0. The maximum absolute atomic E-state index is 10.2. The topological polar surface area (TPSA) is 32.3 Å². The van der Waals surface area contributed by atoms with Crippen molar-refractivity contribution in [1.82, 2.24) is 5.32 Å². The first-order valence-corrected chi connectivity index (χ1v) is 7.07. The van der Waals surface area contributed by atoms with Gasteiger partial charge in [-0.15, -0.1) is 0 Å². The van der Waals surface area contributed by atoms with E-state index in [0.717, 1.165) is 35.1 Å². The van der Waals surface area contributed by atoms with Gasteiger partial charge in [-0.3, -0.25) is 0 Å². The molecule has 2 rings (SSSR count). The average molecular weight is 298 g/mol. The summed E-state index contributed by atoms with van der Waals surface area (Å²) in [6.45, 7) is 6.26. The van der Waals surface area contributed by atoms with Crippen molar-refractivity contribution in [2.24, 2.45) is 5.92 Å². The highest BCUT2D eigenvalue weighted by Crippen LogP contribution is 2.34. The summed E-state index contributed by atoms with van der Waals surface area (Å²) in [6.07, 6.45) is 3.50. The third kappa shape index (κ3) is 2.83. The first kappa shape index (κ1) is 12.9. The Hall–Kier alpha value is -0.540. The van der Waals surface area contributed by atoms with Crippen LogP contribution in [0.3, 0.4) is 0 Å². The molecule has 0 aliphatic carbocycles. The molecule has 94 valence electrons. The van der Waals surface area contributed by atoms with Crippen molar-refractivity contribution < 1.29 is 5.11 Å². The van der Waals surface area contributed by atoms with Crippen LogP contribution in [-0.2, 0) is 6.42 Å². The third-order valence-electron chi connectivity index (χ3n) is 3.71. The molecule has 1 aromatic rings. The lowest BCUT2D eigenvalue weighted by atomic mass is 9.89. The highest BCUT2D eigenvalue weighted by atomic mass is 79.9. The molecule has 3 heteroatoms. The van der Waals surface area contributed by atoms with Gasteiger partial charge in [0.2, 0.25) is 0 Å². The van der Waals surface area contributed by atoms with Gasteiger partial charge in [-0.25, -0.2) is 0 Å². The van der Waals surface area contributed by atoms with E-state index >= 15 is 0 Å². The number of halogens is 1. The van der Waals surface area contributed by atoms with Crippen molar-refractivity contribution in [3.05, 3.63) is 27.2 Å². The van der Waals surface area contributed by atoms with Crippen molar-refractivity contribution in [2.75, 3.05) is 13.1 Å². The van der Waals surface area contributed by atoms with Crippen molar-refractivity contribution in [3.8, 4) is 5.75 Å². The molecule has 2 nitrogen and oxygen atoms in total. The Balaban J connectivity index is 2.22. The first-order chi connectivity index (χ1) is 8.09. The van der Waals surface area contributed by atoms with Crippen LogP contribution in [0.25, 0.3) is 0 Å². The molecular formula is C14H20BrNO. The highest BCUT2D eigenvalue weighted by molar-refractivity contribution is 9.10. The van der Waals surface area contributed by atoms with Gasteiger partial charge in [0, 0.05) is 10.0 Å². The lowest BCUT2D eigenvalue weighted by molar-refractivity contribution is 0.368. The zero-order valence-corrected chi connectivity index (χ0v) is 12.1. The number of aryl methyl sites for hydroxylation is 1. The highest BCUT2D eigenvalue weighted by Gasteiger charge is 2.18. The molecule has 1 unspecified atom stereocenters. The molecule has 1 aliphatic heterocycles. The number of rotatable bonds is 2. The van der Waals surface area contributed by atoms with Crippen molar-refractivity contribution >= 4 is 15.9 Å². The molecule has 0 aromatic heterocycles. The summed E-state index contributed by atoms with van der Waals surface area (Å²) >= 11 is 3.48. The number of piperidine rings is 1. The molecule has 0 amide bonds. The van der Waals surface area contributed by atoms with Crippen LogP contribution in [0.1, 0.15) is 29.5 Å². The lowest BCUT2D eigenvalue weighted by Crippen LogP contribution is -2.31. The van der Waals surface area contributed by atoms with Gasteiger partial charge in [-0.1, -0.05) is 15.9 Å². The SMILES string of the molecule is Cc1cc(Br)c(C)c(O)c1CC1CCCNC1. The molecule has 1 aliphatic rings. The average Bonchev–Trinajstić information content (AvgIpc) is 2.33. The van der Waals surface area contributed by atoms with Gasteiger partial charge in [0.05, 0.1) is 0 Å². The van der Waals surface area contributed by atoms with Crippen molar-refractivity contribution in [2.45, 2.75) is 33.1 Å². The molecule has 1 heterocycles. The molecule has 0 bridgehead atoms. The van der Waals surface area contributed by atoms with Crippen molar-refractivity contribution in [1.29, 1.82) is 0 Å². The van der Waals surface area contributed by atoms with Crippen molar-refractivity contribution in [3.63, 3.8) is 0 Å². The summed E-state index contributed by atoms with van der Waals surface area (Å²) in [5.41, 5.74) is 3.26. The van der Waals surface area contributed by atoms with E-state index in [0.29, 0.717) is 11.7 Å². The van der Waals surface area contributed by atoms with Gasteiger partial charge in [0.15, 0.2) is 0 Å². The molecule has 1 atom stereocenters. The second-order valence-corrected chi connectivity index (χ2v) is 5.90. The molecule has 2 N–H and O–H groups in total. The molecule has 1 aromatic carbocycles. The second kappa shape index (κ2) is 5.40. The standard InChI is InChI=1S/C14H20BrNO/c1-9-6-13(15)10(2)14(17)12(9)7-11-4-3-5-16-8-11/h6,11,16-17H,3-5,7-8H2,1-2H3. The van der Waals surface area contributed by atoms with Crippen LogP contribution in [0.2, 0.25) is 0 Å². The number of benzene rings is 1. The van der Waals surface area contributed by atoms with Crippen LogP contribution < -0.4 is 5.32 Å². The van der Waals surface area contributed by atoms with Crippen LogP contribution >= 0.6 is 15.9 Å². The first-order valence-electron chi connectivity index (χ1n) is 6.28. The van der Waals surface area contributed by atoms with Crippen LogP contribution in [0.15, 0.2) is 10.5 Å². The quantitative estimate of drug-likeness (QED) is 0.878. The summed E-state index contributed by atoms with van der Waals surface area (Å²) in [5.74, 6) is 1.14. The van der Waals surface area contributed by atoms with Gasteiger partial charge < -0.3 is 10.4 Å². The van der Waals surface area contributed by atoms with E-state index in [9.17, 15) is 5.11 Å². The number of aromatic hydroxyl groups is 1. The summed E-state index contributed by atoms with van der Waals surface area (Å²) in [4.78, 5) is 0. The number of hydrogen-bond donors (Lipinski definition) is 2. The maximum Gasteiger partial charge on any atom is 0.123 e. The number of nitrogens with one attached hydrogen (secondary N) is 1. The normalized spacial score (nSPS) is 20.5. The van der Waals surface area contributed by atoms with E-state index in [1.165, 1.54) is 18.4 Å². The van der Waals surface area contributed by atoms with Gasteiger partial charge >= 0.3 is 0 Å². The molecule has 1 saturated heterocycles. The smallest absolute Gasteiger partial charge is 0.123 e. The zero-order valence-electron chi connectivity index (χ0n) is 10.5. The fourth-order valence-corrected chi connectivity index (χ4v) is 3.09. The predicted molar refractivity (Wildman–Crippen MR) is 74.6 cm³/mol. The molecular weight excluding hydrogens is 278 g/mol. The van der Waals surface area contributed by atoms with Crippen LogP contribution in [0, 0.1) is 19.8 Å². The van der Waals surface area contributed by atoms with E-state index in [2.05, 4.69) is 34.2 Å². The fourth-order valence-electron chi connectivity index (χ4n) is 2.56.